The van der Waals surface area contributed by atoms with Gasteiger partial charge in [-0.15, -0.1) is 0 Å². The highest BCUT2D eigenvalue weighted by molar-refractivity contribution is 6.54. The van der Waals surface area contributed by atoms with Gasteiger partial charge in [-0.05, 0) is 72.8 Å². The maximum Gasteiger partial charge on any atom is 0.134 e. The van der Waals surface area contributed by atoms with Crippen LogP contribution in [0.4, 0.5) is 28.4 Å². The Bertz CT molecular complexity index is 1620. The quantitative estimate of drug-likeness (QED) is 0.156. The molecule has 0 aliphatic heterocycles. The summed E-state index contributed by atoms with van der Waals surface area (Å²) < 4.78 is 0. The average Bonchev–Trinajstić information content (AvgIpc) is 3.05. The molecule has 0 fully saturated rings. The van der Waals surface area contributed by atoms with Crippen molar-refractivity contribution in [2.75, 3.05) is 15.2 Å². The van der Waals surface area contributed by atoms with E-state index in [0.717, 1.165) is 34.1 Å². The fourth-order valence-corrected chi connectivity index (χ4v) is 4.76. The number of pyridine rings is 1. The highest BCUT2D eigenvalue weighted by Crippen LogP contribution is 2.36. The molecule has 4 aromatic carbocycles. The van der Waals surface area contributed by atoms with Crippen molar-refractivity contribution >= 4 is 39.9 Å². The lowest BCUT2D eigenvalue weighted by Crippen LogP contribution is -2.36. The van der Waals surface area contributed by atoms with Gasteiger partial charge in [-0.3, -0.25) is 15.8 Å². The summed E-state index contributed by atoms with van der Waals surface area (Å²) in [6, 6.07) is 44.2. The number of anilines is 5. The number of hydrogen-bond acceptors (Lipinski definition) is 6. The highest BCUT2D eigenvalue weighted by Gasteiger charge is 2.30. The molecule has 0 radical (unpaired) electrons. The summed E-state index contributed by atoms with van der Waals surface area (Å²) in [5.41, 5.74) is 10.1. The molecule has 6 nitrogen and oxygen atoms in total. The van der Waals surface area contributed by atoms with Gasteiger partial charge >= 0.3 is 0 Å². The van der Waals surface area contributed by atoms with E-state index in [1.165, 1.54) is 0 Å². The third-order valence-corrected chi connectivity index (χ3v) is 6.65. The first-order chi connectivity index (χ1) is 20.3. The second kappa shape index (κ2) is 12.0. The molecule has 2 N–H and O–H groups in total. The van der Waals surface area contributed by atoms with Crippen LogP contribution >= 0.6 is 0 Å². The molecular formula is C35H28N6. The molecule has 0 bridgehead atoms. The summed E-state index contributed by atoms with van der Waals surface area (Å²) in [6.45, 7) is 0. The Balaban J connectivity index is 1.54. The summed E-state index contributed by atoms with van der Waals surface area (Å²) >= 11 is 0. The van der Waals surface area contributed by atoms with E-state index < -0.39 is 0 Å². The van der Waals surface area contributed by atoms with E-state index in [1.54, 1.807) is 12.4 Å². The third kappa shape index (κ3) is 5.53. The van der Waals surface area contributed by atoms with Crippen LogP contribution in [0.2, 0.25) is 0 Å². The number of allylic oxidation sites excluding steroid dienone is 4. The monoisotopic (exact) mass is 532 g/mol. The first-order valence-corrected chi connectivity index (χ1v) is 13.4. The van der Waals surface area contributed by atoms with Gasteiger partial charge in [0.25, 0.3) is 0 Å². The molecule has 0 amide bonds. The van der Waals surface area contributed by atoms with E-state index in [2.05, 4.69) is 44.5 Å². The van der Waals surface area contributed by atoms with Gasteiger partial charge in [-0.25, -0.2) is 0 Å². The molecule has 1 heterocycles. The van der Waals surface area contributed by atoms with Crippen molar-refractivity contribution in [2.45, 2.75) is 0 Å². The van der Waals surface area contributed by atoms with Crippen molar-refractivity contribution in [3.8, 4) is 0 Å². The van der Waals surface area contributed by atoms with E-state index in [0.29, 0.717) is 11.4 Å². The topological polar surface area (TPSA) is 67.6 Å². The zero-order chi connectivity index (χ0) is 27.9. The number of aromatic nitrogens is 1. The summed E-state index contributed by atoms with van der Waals surface area (Å²) in [4.78, 5) is 8.33. The maximum absolute atomic E-state index is 9.59. The molecule has 0 saturated carbocycles. The molecule has 0 unspecified atom stereocenters. The van der Waals surface area contributed by atoms with E-state index in [1.807, 2.05) is 121 Å². The molecule has 198 valence electrons. The van der Waals surface area contributed by atoms with Crippen molar-refractivity contribution in [3.05, 3.63) is 169 Å². The fourth-order valence-electron chi connectivity index (χ4n) is 4.76. The zero-order valence-corrected chi connectivity index (χ0v) is 22.3. The minimum atomic E-state index is 0.286. The number of nitrogens with zero attached hydrogens (tertiary/aromatic N) is 4. The molecule has 1 aliphatic rings. The normalized spacial score (nSPS) is 13.8. The van der Waals surface area contributed by atoms with Crippen molar-refractivity contribution in [2.24, 2.45) is 5.10 Å². The second-order valence-corrected chi connectivity index (χ2v) is 9.30. The number of para-hydroxylation sites is 4. The summed E-state index contributed by atoms with van der Waals surface area (Å²) in [5.74, 6) is 0. The molecular weight excluding hydrogens is 504 g/mol. The van der Waals surface area contributed by atoms with Crippen LogP contribution < -0.4 is 15.2 Å². The second-order valence-electron chi connectivity index (χ2n) is 9.30. The van der Waals surface area contributed by atoms with Gasteiger partial charge < -0.3 is 9.80 Å². The molecule has 6 heteroatoms. The van der Waals surface area contributed by atoms with Gasteiger partial charge in [0.2, 0.25) is 0 Å². The molecule has 6 rings (SSSR count). The lowest BCUT2D eigenvalue weighted by atomic mass is 9.98. The number of hydrogen-bond donors (Lipinski definition) is 2. The molecule has 0 saturated heterocycles. The van der Waals surface area contributed by atoms with Crippen molar-refractivity contribution in [3.63, 3.8) is 0 Å². The Kier molecular flexibility index (Phi) is 7.45. The van der Waals surface area contributed by atoms with Gasteiger partial charge in [0.15, 0.2) is 0 Å². The molecule has 1 aromatic heterocycles. The first kappa shape index (κ1) is 25.5. The van der Waals surface area contributed by atoms with E-state index in [-0.39, 0.29) is 5.71 Å². The zero-order valence-electron chi connectivity index (χ0n) is 22.3. The number of benzene rings is 4. The minimum Gasteiger partial charge on any atom is -0.308 e. The van der Waals surface area contributed by atoms with Crippen molar-refractivity contribution in [1.82, 2.24) is 4.98 Å². The molecule has 1 aliphatic carbocycles. The first-order valence-electron chi connectivity index (χ1n) is 13.4. The van der Waals surface area contributed by atoms with Crippen LogP contribution in [-0.2, 0) is 0 Å². The van der Waals surface area contributed by atoms with Gasteiger partial charge in [-0.1, -0.05) is 72.8 Å². The summed E-state index contributed by atoms with van der Waals surface area (Å²) in [5, 5.41) is 14.4. The van der Waals surface area contributed by atoms with E-state index >= 15 is 0 Å². The Morgan fingerprint density at radius 3 is 1.34 bits per heavy atom. The predicted molar refractivity (Wildman–Crippen MR) is 169 cm³/mol. The lowest BCUT2D eigenvalue weighted by Gasteiger charge is -2.34. The molecule has 0 atom stereocenters. The Morgan fingerprint density at radius 2 is 0.902 bits per heavy atom. The van der Waals surface area contributed by atoms with Crippen molar-refractivity contribution in [1.29, 1.82) is 5.41 Å². The fraction of sp³-hybridized carbons (Fsp3) is 0. The van der Waals surface area contributed by atoms with Crippen LogP contribution in [0.15, 0.2) is 175 Å². The van der Waals surface area contributed by atoms with E-state index in [9.17, 15) is 5.41 Å². The van der Waals surface area contributed by atoms with Crippen LogP contribution in [0.1, 0.15) is 0 Å². The predicted octanol–water partition coefficient (Wildman–Crippen LogP) is 8.33. The van der Waals surface area contributed by atoms with Crippen LogP contribution in [0, 0.1) is 5.41 Å². The Hall–Kier alpha value is -5.75. The number of nitrogens with one attached hydrogen (secondary N) is 2. The lowest BCUT2D eigenvalue weighted by molar-refractivity contribution is 1.18. The Morgan fingerprint density at radius 1 is 0.512 bits per heavy atom. The SMILES string of the molecule is N=C1C(N(c2ccccc2)c2ccccc2)=CC=C(N(c2ccccc2)c2ccccc2)C1=NNc1ccncc1. The minimum absolute atomic E-state index is 0.286. The highest BCUT2D eigenvalue weighted by atomic mass is 15.3. The standard InChI is InChI=1S/C35H28N6/c36-34-32(40(28-13-5-1-6-14-28)29-15-7-2-8-16-29)21-22-33(35(34)39-38-27-23-25-37-26-24-27)41(30-17-9-3-10-18-30)31-19-11-4-12-20-31/h1-26,36H,(H,37,38). The maximum atomic E-state index is 9.59. The third-order valence-electron chi connectivity index (χ3n) is 6.65. The summed E-state index contributed by atoms with van der Waals surface area (Å²) in [7, 11) is 0. The summed E-state index contributed by atoms with van der Waals surface area (Å²) in [6.07, 6.45) is 7.47. The van der Waals surface area contributed by atoms with Gasteiger partial charge in [0, 0.05) is 35.1 Å². The molecule has 5 aromatic rings. The number of rotatable bonds is 8. The largest absolute Gasteiger partial charge is 0.308 e. The molecule has 0 spiro atoms. The van der Waals surface area contributed by atoms with Crippen LogP contribution in [0.25, 0.3) is 0 Å². The van der Waals surface area contributed by atoms with Crippen LogP contribution in [0.3, 0.4) is 0 Å². The Labute approximate surface area is 239 Å². The van der Waals surface area contributed by atoms with Crippen LogP contribution in [-0.4, -0.2) is 16.4 Å². The van der Waals surface area contributed by atoms with Gasteiger partial charge in [0.05, 0.1) is 17.1 Å². The average molecular weight is 533 g/mol. The smallest absolute Gasteiger partial charge is 0.134 e. The molecule has 41 heavy (non-hydrogen) atoms. The van der Waals surface area contributed by atoms with Gasteiger partial charge in [0.1, 0.15) is 11.4 Å². The van der Waals surface area contributed by atoms with Gasteiger partial charge in [-0.2, -0.15) is 5.10 Å². The number of hydrazone groups is 1. The van der Waals surface area contributed by atoms with E-state index in [4.69, 9.17) is 5.10 Å². The van der Waals surface area contributed by atoms with Crippen LogP contribution in [0.5, 0.6) is 0 Å². The van der Waals surface area contributed by atoms with Crippen molar-refractivity contribution < 1.29 is 0 Å².